The summed E-state index contributed by atoms with van der Waals surface area (Å²) in [6.45, 7) is 0. The van der Waals surface area contributed by atoms with E-state index in [1.165, 1.54) is 12.1 Å². The molecule has 0 aliphatic carbocycles. The number of benzene rings is 1. The molecule has 1 aromatic rings. The Balaban J connectivity index is -0.000000270. The molecule has 1 rings (SSSR count). The van der Waals surface area contributed by atoms with Crippen molar-refractivity contribution in [2.45, 2.75) is 0 Å². The Kier molecular flexibility index (Phi) is 16.4. The van der Waals surface area contributed by atoms with Crippen LogP contribution in [0.3, 0.4) is 0 Å². The van der Waals surface area contributed by atoms with E-state index >= 15 is 0 Å². The summed E-state index contributed by atoms with van der Waals surface area (Å²) in [5.74, 6) is -1.13. The summed E-state index contributed by atoms with van der Waals surface area (Å²) in [6, 6.07) is 8.06. The molecule has 0 unspecified atom stereocenters. The molecule has 0 spiro atoms. The average Bonchev–Trinajstić information content (AvgIpc) is 1.90. The van der Waals surface area contributed by atoms with E-state index in [0.717, 1.165) is 0 Å². The van der Waals surface area contributed by atoms with Crippen molar-refractivity contribution in [1.29, 1.82) is 0 Å². The van der Waals surface area contributed by atoms with Crippen molar-refractivity contribution in [2.24, 2.45) is 0 Å². The minimum absolute atomic E-state index is 0. The van der Waals surface area contributed by atoms with Crippen LogP contribution in [-0.2, 0) is 0 Å². The average molecular weight is 200 g/mol. The summed E-state index contributed by atoms with van der Waals surface area (Å²) in [5, 5.41) is 10.1. The maximum absolute atomic E-state index is 10.1. The third kappa shape index (κ3) is 6.76. The van der Waals surface area contributed by atoms with Crippen molar-refractivity contribution < 1.29 is 96.3 Å². The number of hydrogen-bond acceptors (Lipinski definition) is 3. The molecule has 0 atom stereocenters. The topological polar surface area (TPSA) is 70.1 Å². The molecule has 0 amide bonds. The standard InChI is InChI=1S/C7H6O2.K.Na.H2O/c8-7(9)6-4-2-1-3-5-6;;;/h1-5H,(H,8,9);;;1H2/q;2*+1;/p-2. The molecule has 0 saturated carbocycles. The van der Waals surface area contributed by atoms with Gasteiger partial charge in [-0.3, -0.25) is 0 Å². The number of carboxylic acid groups (broad SMARTS) is 1. The fourth-order valence-corrected chi connectivity index (χ4v) is 0.574. The third-order valence-electron chi connectivity index (χ3n) is 1.01. The van der Waals surface area contributed by atoms with Crippen LogP contribution in [0.15, 0.2) is 30.3 Å². The van der Waals surface area contributed by atoms with Crippen LogP contribution >= 0.6 is 0 Å². The van der Waals surface area contributed by atoms with Gasteiger partial charge in [-0.25, -0.2) is 0 Å². The van der Waals surface area contributed by atoms with Gasteiger partial charge in [-0.2, -0.15) is 0 Å². The van der Waals surface area contributed by atoms with Gasteiger partial charge in [0.1, 0.15) is 0 Å². The third-order valence-corrected chi connectivity index (χ3v) is 1.01. The van der Waals surface area contributed by atoms with Crippen molar-refractivity contribution in [1.82, 2.24) is 0 Å². The fraction of sp³-hybridized carbons (Fsp3) is 0. The molecule has 3 nitrogen and oxygen atoms in total. The number of rotatable bonds is 1. The Bertz CT molecular complexity index is 215. The zero-order valence-electron chi connectivity index (χ0n) is 7.15. The number of aromatic carboxylic acids is 1. The first-order valence-corrected chi connectivity index (χ1v) is 2.57. The van der Waals surface area contributed by atoms with Gasteiger partial charge in [-0.05, 0) is 5.56 Å². The number of carbonyl (C=O) groups is 1. The van der Waals surface area contributed by atoms with Crippen molar-refractivity contribution in [3.05, 3.63) is 35.9 Å². The second-order valence-corrected chi connectivity index (χ2v) is 1.65. The van der Waals surface area contributed by atoms with E-state index in [9.17, 15) is 9.90 Å². The maximum atomic E-state index is 10.1. The molecule has 1 aromatic carbocycles. The second kappa shape index (κ2) is 10.4. The molecule has 0 aliphatic heterocycles. The zero-order chi connectivity index (χ0) is 6.69. The molecular formula is C7H6KNaO3. The Morgan fingerprint density at radius 1 is 1.17 bits per heavy atom. The summed E-state index contributed by atoms with van der Waals surface area (Å²) in [7, 11) is 0. The van der Waals surface area contributed by atoms with E-state index in [1.807, 2.05) is 0 Å². The van der Waals surface area contributed by atoms with Crippen LogP contribution in [0.4, 0.5) is 0 Å². The number of carbonyl (C=O) groups excluding carboxylic acids is 1. The van der Waals surface area contributed by atoms with Crippen molar-refractivity contribution in [3.63, 3.8) is 0 Å². The van der Waals surface area contributed by atoms with Crippen LogP contribution in [0.5, 0.6) is 0 Å². The predicted molar refractivity (Wildman–Crippen MR) is 32.7 cm³/mol. The zero-order valence-corrected chi connectivity index (χ0v) is 12.3. The van der Waals surface area contributed by atoms with Crippen LogP contribution in [0.2, 0.25) is 0 Å². The molecule has 5 heteroatoms. The van der Waals surface area contributed by atoms with Gasteiger partial charge in [0.15, 0.2) is 0 Å². The van der Waals surface area contributed by atoms with Gasteiger partial charge in [0.25, 0.3) is 0 Å². The molecular weight excluding hydrogens is 194 g/mol. The van der Waals surface area contributed by atoms with Gasteiger partial charge in [-0.1, -0.05) is 30.3 Å². The first-order chi connectivity index (χ1) is 4.30. The number of carboxylic acids is 1. The van der Waals surface area contributed by atoms with Crippen LogP contribution in [0.1, 0.15) is 10.4 Å². The van der Waals surface area contributed by atoms with E-state index in [2.05, 4.69) is 0 Å². The second-order valence-electron chi connectivity index (χ2n) is 1.65. The SMILES string of the molecule is O=C([O-])c1ccccc1.[K+].[Na+].[OH-]. The fourth-order valence-electron chi connectivity index (χ4n) is 0.574. The van der Waals surface area contributed by atoms with Gasteiger partial charge >= 0.3 is 80.9 Å². The van der Waals surface area contributed by atoms with Gasteiger partial charge < -0.3 is 15.4 Å². The minimum Gasteiger partial charge on any atom is -0.870 e. The normalized spacial score (nSPS) is 6.67. The Morgan fingerprint density at radius 3 is 1.83 bits per heavy atom. The number of hydrogen-bond donors (Lipinski definition) is 0. The predicted octanol–water partition coefficient (Wildman–Crippen LogP) is -6.12. The quantitative estimate of drug-likeness (QED) is 0.424. The van der Waals surface area contributed by atoms with Crippen molar-refractivity contribution >= 4 is 5.97 Å². The van der Waals surface area contributed by atoms with E-state index in [-0.39, 0.29) is 92.0 Å². The van der Waals surface area contributed by atoms with Crippen LogP contribution in [0, 0.1) is 0 Å². The van der Waals surface area contributed by atoms with Crippen LogP contribution in [0.25, 0.3) is 0 Å². The first kappa shape index (κ1) is 19.0. The summed E-state index contributed by atoms with van der Waals surface area (Å²) >= 11 is 0. The molecule has 0 aromatic heterocycles. The van der Waals surface area contributed by atoms with Crippen molar-refractivity contribution in [2.75, 3.05) is 0 Å². The monoisotopic (exact) mass is 200 g/mol. The van der Waals surface area contributed by atoms with E-state index in [0.29, 0.717) is 0 Å². The Hall–Kier alpha value is 1.29. The van der Waals surface area contributed by atoms with E-state index in [1.54, 1.807) is 18.2 Å². The van der Waals surface area contributed by atoms with Gasteiger partial charge in [0, 0.05) is 0 Å². The summed E-state index contributed by atoms with van der Waals surface area (Å²) in [5.41, 5.74) is 0.220. The smallest absolute Gasteiger partial charge is 0.870 e. The van der Waals surface area contributed by atoms with Gasteiger partial charge in [0.2, 0.25) is 0 Å². The van der Waals surface area contributed by atoms with Crippen LogP contribution in [-0.4, -0.2) is 11.4 Å². The van der Waals surface area contributed by atoms with E-state index in [4.69, 9.17) is 0 Å². The molecule has 0 bridgehead atoms. The van der Waals surface area contributed by atoms with Crippen LogP contribution < -0.4 is 86.0 Å². The molecule has 54 valence electrons. The Morgan fingerprint density at radius 2 is 1.58 bits per heavy atom. The minimum atomic E-state index is -1.13. The molecule has 0 saturated heterocycles. The molecule has 0 radical (unpaired) electrons. The molecule has 0 fully saturated rings. The summed E-state index contributed by atoms with van der Waals surface area (Å²) in [6.07, 6.45) is 0. The first-order valence-electron chi connectivity index (χ1n) is 2.57. The van der Waals surface area contributed by atoms with E-state index < -0.39 is 5.97 Å². The molecule has 0 aliphatic rings. The summed E-state index contributed by atoms with van der Waals surface area (Å²) < 4.78 is 0. The maximum Gasteiger partial charge on any atom is 1.00 e. The Labute approximate surface area is 136 Å². The molecule has 0 heterocycles. The van der Waals surface area contributed by atoms with Gasteiger partial charge in [-0.15, -0.1) is 0 Å². The van der Waals surface area contributed by atoms with Gasteiger partial charge in [0.05, 0.1) is 5.97 Å². The largest absolute Gasteiger partial charge is 1.00 e. The molecule has 1 N–H and O–H groups in total. The molecule has 12 heavy (non-hydrogen) atoms. The summed E-state index contributed by atoms with van der Waals surface area (Å²) in [4.78, 5) is 10.1. The van der Waals surface area contributed by atoms with Crippen molar-refractivity contribution in [3.8, 4) is 0 Å².